The van der Waals surface area contributed by atoms with Crippen LogP contribution in [0.4, 0.5) is 4.79 Å². The topological polar surface area (TPSA) is 301 Å². The summed E-state index contributed by atoms with van der Waals surface area (Å²) >= 11 is 0. The summed E-state index contributed by atoms with van der Waals surface area (Å²) in [7, 11) is 1.15. The van der Waals surface area contributed by atoms with Crippen LogP contribution in [0.2, 0.25) is 0 Å². The van der Waals surface area contributed by atoms with Crippen LogP contribution in [0.1, 0.15) is 89.7 Å². The Morgan fingerprint density at radius 1 is 0.622 bits per heavy atom. The van der Waals surface area contributed by atoms with E-state index in [2.05, 4.69) is 5.32 Å². The molecular weight excluding hydrogens is 1060 g/mol. The molecule has 2 aromatic carbocycles. The SMILES string of the molecule is COC(=O)C1C(O)C=C2CC(O)CC(O)C(O)CCC(O)CC(O)CC(=O)OC(C)C(C)C(O)C(C)/C=C/C=C/C=C/C=C/C=C/C=C/C=C/C(OC3OC(C)C(O)C(NC(=O)OCC4c5ccccc5-c5ccccc54)C3O)CC1O2. The third-order valence-corrected chi connectivity index (χ3v) is 15.4. The third kappa shape index (κ3) is 18.7. The molecule has 1 saturated heterocycles. The molecule has 82 heavy (non-hydrogen) atoms. The number of hydrogen-bond donors (Lipinski definition) is 10. The number of hydrogen-bond acceptors (Lipinski definition) is 18. The van der Waals surface area contributed by atoms with Crippen LogP contribution in [0.15, 0.2) is 145 Å². The fraction of sp³-hybridized carbons (Fsp3) is 0.508. The number of amides is 1. The van der Waals surface area contributed by atoms with Gasteiger partial charge in [0.05, 0.1) is 80.3 Å². The number of rotatable bonds is 6. The fourth-order valence-electron chi connectivity index (χ4n) is 10.6. The first-order valence-electron chi connectivity index (χ1n) is 28.1. The lowest BCUT2D eigenvalue weighted by molar-refractivity contribution is -0.280. The van der Waals surface area contributed by atoms with Crippen LogP contribution < -0.4 is 5.32 Å². The Kier molecular flexibility index (Phi) is 25.5. The molecule has 2 aromatic rings. The lowest BCUT2D eigenvalue weighted by Crippen LogP contribution is -2.64. The molecule has 18 unspecified atom stereocenters. The number of methoxy groups -OCH3 is 1. The number of benzene rings is 2. The van der Waals surface area contributed by atoms with Gasteiger partial charge in [0.15, 0.2) is 6.29 Å². The zero-order valence-electron chi connectivity index (χ0n) is 47.1. The van der Waals surface area contributed by atoms with Crippen LogP contribution in [-0.2, 0) is 38.0 Å². The van der Waals surface area contributed by atoms with Crippen molar-refractivity contribution < 1.29 is 88.8 Å². The number of allylic oxidation sites excluding steroid dienone is 12. The average molecular weight is 1140 g/mol. The summed E-state index contributed by atoms with van der Waals surface area (Å²) < 4.78 is 35.1. The molecule has 18 atom stereocenters. The van der Waals surface area contributed by atoms with Crippen molar-refractivity contribution in [3.05, 3.63) is 157 Å². The minimum Gasteiger partial charge on any atom is -0.494 e. The van der Waals surface area contributed by atoms with Gasteiger partial charge in [-0.2, -0.15) is 0 Å². The van der Waals surface area contributed by atoms with Gasteiger partial charge in [-0.3, -0.25) is 9.59 Å². The zero-order chi connectivity index (χ0) is 59.5. The summed E-state index contributed by atoms with van der Waals surface area (Å²) in [5.74, 6) is -3.83. The standard InChI is InChI=1S/C63H83NO18/c1-37-22-16-14-12-10-8-6-7-9-11-13-15-17-23-44(82-62-60(74)57(59(73)40(4)80-62)64-63(76)78-36-50-48-26-20-18-24-46(48)47-25-19-21-27-49(47)50)35-54-56(61(75)77-5)53(70)34-45(81-54)31-43(67)32-52(69)51(68)29-28-41(65)30-42(66)33-55(71)79-39(3)38(2)58(37)72/h6-27,34,37-44,50-54,56-60,62,65-70,72-74H,28-33,35-36H2,1-5H3,(H,64,76)/b7-6+,10-8+,11-9+,14-12+,15-13+,22-16+,23-17+. The molecule has 1 fully saturated rings. The van der Waals surface area contributed by atoms with Crippen LogP contribution >= 0.6 is 0 Å². The highest BCUT2D eigenvalue weighted by molar-refractivity contribution is 5.79. The number of carbonyl (C=O) groups is 3. The van der Waals surface area contributed by atoms with Gasteiger partial charge in [0.2, 0.25) is 0 Å². The molecule has 0 saturated carbocycles. The monoisotopic (exact) mass is 1140 g/mol. The highest BCUT2D eigenvalue weighted by atomic mass is 16.7. The van der Waals surface area contributed by atoms with Crippen molar-refractivity contribution in [2.24, 2.45) is 17.8 Å². The number of aliphatic hydroxyl groups excluding tert-OH is 9. The molecule has 19 nitrogen and oxygen atoms in total. The molecule has 0 aromatic heterocycles. The lowest BCUT2D eigenvalue weighted by Gasteiger charge is -2.43. The van der Waals surface area contributed by atoms with Crippen LogP contribution in [0.5, 0.6) is 0 Å². The van der Waals surface area contributed by atoms with Gasteiger partial charge in [0.25, 0.3) is 0 Å². The van der Waals surface area contributed by atoms with E-state index < -0.39 is 128 Å². The summed E-state index contributed by atoms with van der Waals surface area (Å²) in [4.78, 5) is 39.6. The van der Waals surface area contributed by atoms with Crippen molar-refractivity contribution in [3.8, 4) is 11.1 Å². The molecule has 3 heterocycles. The van der Waals surface area contributed by atoms with Gasteiger partial charge in [0, 0.05) is 37.0 Å². The molecule has 0 spiro atoms. The van der Waals surface area contributed by atoms with Gasteiger partial charge in [-0.1, -0.05) is 147 Å². The van der Waals surface area contributed by atoms with E-state index in [9.17, 15) is 60.3 Å². The first-order valence-corrected chi connectivity index (χ1v) is 28.1. The molecule has 2 bridgehead atoms. The number of carbonyl (C=O) groups excluding carboxylic acids is 3. The molecule has 19 heteroatoms. The second kappa shape index (κ2) is 32.1. The van der Waals surface area contributed by atoms with E-state index in [1.165, 1.54) is 6.08 Å². The van der Waals surface area contributed by atoms with Crippen molar-refractivity contribution >= 4 is 18.0 Å². The van der Waals surface area contributed by atoms with Crippen molar-refractivity contribution in [2.45, 2.75) is 170 Å². The first-order chi connectivity index (χ1) is 39.3. The smallest absolute Gasteiger partial charge is 0.407 e. The zero-order valence-corrected chi connectivity index (χ0v) is 47.1. The summed E-state index contributed by atoms with van der Waals surface area (Å²) in [5, 5.41) is 102. The number of fused-ring (bicyclic) bond motifs is 5. The molecule has 10 N–H and O–H groups in total. The molecule has 1 aliphatic carbocycles. The van der Waals surface area contributed by atoms with E-state index in [0.29, 0.717) is 0 Å². The highest BCUT2D eigenvalue weighted by Crippen LogP contribution is 2.44. The first kappa shape index (κ1) is 65.1. The minimum atomic E-state index is -1.68. The molecule has 0 radical (unpaired) electrons. The van der Waals surface area contributed by atoms with Crippen LogP contribution in [0.3, 0.4) is 0 Å². The number of nitrogens with one attached hydrogen (secondary N) is 1. The van der Waals surface area contributed by atoms with E-state index in [1.807, 2.05) is 91.9 Å². The van der Waals surface area contributed by atoms with E-state index in [-0.39, 0.29) is 62.7 Å². The Morgan fingerprint density at radius 3 is 1.80 bits per heavy atom. The maximum atomic E-state index is 13.5. The molecule has 448 valence electrons. The third-order valence-electron chi connectivity index (χ3n) is 15.4. The van der Waals surface area contributed by atoms with Crippen molar-refractivity contribution in [3.63, 3.8) is 0 Å². The number of esters is 2. The largest absolute Gasteiger partial charge is 0.494 e. The summed E-state index contributed by atoms with van der Waals surface area (Å²) in [6, 6.07) is 14.4. The Bertz CT molecular complexity index is 2580. The van der Waals surface area contributed by atoms with Gasteiger partial charge in [-0.25, -0.2) is 4.79 Å². The normalized spacial score (nSPS) is 36.9. The molecule has 4 aliphatic rings. The Balaban J connectivity index is 1.19. The maximum Gasteiger partial charge on any atom is 0.407 e. The van der Waals surface area contributed by atoms with Crippen molar-refractivity contribution in [1.82, 2.24) is 5.32 Å². The molecular formula is C63H83NO18. The van der Waals surface area contributed by atoms with Gasteiger partial charge in [-0.05, 0) is 61.4 Å². The second-order valence-corrected chi connectivity index (χ2v) is 21.6. The predicted molar refractivity (Wildman–Crippen MR) is 304 cm³/mol. The fourth-order valence-corrected chi connectivity index (χ4v) is 10.6. The minimum absolute atomic E-state index is 0.0277. The quantitative estimate of drug-likeness (QED) is 0.132. The van der Waals surface area contributed by atoms with Crippen LogP contribution in [0, 0.1) is 17.8 Å². The van der Waals surface area contributed by atoms with Gasteiger partial charge < -0.3 is 79.7 Å². The summed E-state index contributed by atoms with van der Waals surface area (Å²) in [6.07, 6.45) is 5.72. The van der Waals surface area contributed by atoms with E-state index in [1.54, 1.807) is 69.4 Å². The second-order valence-electron chi connectivity index (χ2n) is 21.6. The summed E-state index contributed by atoms with van der Waals surface area (Å²) in [5.41, 5.74) is 4.07. The maximum absolute atomic E-state index is 13.5. The molecule has 3 aliphatic heterocycles. The Morgan fingerprint density at radius 2 is 1.20 bits per heavy atom. The molecule has 1 amide bonds. The predicted octanol–water partition coefficient (Wildman–Crippen LogP) is 5.19. The van der Waals surface area contributed by atoms with Crippen LogP contribution in [-0.4, -0.2) is 169 Å². The van der Waals surface area contributed by atoms with Gasteiger partial charge >= 0.3 is 18.0 Å². The van der Waals surface area contributed by atoms with Gasteiger partial charge in [-0.15, -0.1) is 0 Å². The Hall–Kier alpha value is -6.07. The number of ether oxygens (including phenoxy) is 6. The van der Waals surface area contributed by atoms with Crippen molar-refractivity contribution in [2.75, 3.05) is 13.7 Å². The van der Waals surface area contributed by atoms with Gasteiger partial charge in [0.1, 0.15) is 36.9 Å². The molecule has 6 rings (SSSR count). The van der Waals surface area contributed by atoms with E-state index in [4.69, 9.17) is 28.4 Å². The number of alkyl carbamates (subject to hydrolysis) is 1. The Labute approximate surface area is 479 Å². The lowest BCUT2D eigenvalue weighted by atomic mass is 9.88. The average Bonchev–Trinajstić information content (AvgIpc) is 3.78. The van der Waals surface area contributed by atoms with E-state index >= 15 is 0 Å². The summed E-state index contributed by atoms with van der Waals surface area (Å²) in [6.45, 7) is 6.76. The highest BCUT2D eigenvalue weighted by Gasteiger charge is 2.47. The van der Waals surface area contributed by atoms with Crippen LogP contribution in [0.25, 0.3) is 11.1 Å². The number of cyclic esters (lactones) is 1. The number of aliphatic hydroxyl groups is 9. The van der Waals surface area contributed by atoms with Crippen molar-refractivity contribution in [1.29, 1.82) is 0 Å². The van der Waals surface area contributed by atoms with E-state index in [0.717, 1.165) is 29.4 Å².